The van der Waals surface area contributed by atoms with Gasteiger partial charge in [0, 0.05) is 5.41 Å². The third-order valence-corrected chi connectivity index (χ3v) is 12.7. The molecule has 3 nitrogen and oxygen atoms in total. The van der Waals surface area contributed by atoms with Crippen LogP contribution in [-0.4, -0.2) is 22.3 Å². The molecule has 0 amide bonds. The molecule has 0 spiro atoms. The van der Waals surface area contributed by atoms with E-state index in [1.54, 1.807) is 0 Å². The topological polar surface area (TPSA) is 57.5 Å². The van der Waals surface area contributed by atoms with Crippen molar-refractivity contribution in [2.75, 3.05) is 0 Å². The third-order valence-electron chi connectivity index (χ3n) is 12.7. The number of carbonyl (C=O) groups is 1. The van der Waals surface area contributed by atoms with Crippen molar-refractivity contribution in [3.8, 4) is 0 Å². The maximum atomic E-state index is 13.5. The molecule has 0 aliphatic heterocycles. The largest absolute Gasteiger partial charge is 0.481 e. The molecular weight excluding hydrogens is 408 g/mol. The Balaban J connectivity index is 1.68. The molecule has 0 aromatic rings. The van der Waals surface area contributed by atoms with Gasteiger partial charge in [-0.25, -0.2) is 0 Å². The lowest BCUT2D eigenvalue weighted by atomic mass is 9.33. The fraction of sp³-hybridized carbons (Fsp3) is 0.900. The van der Waals surface area contributed by atoms with Crippen LogP contribution in [0.15, 0.2) is 11.6 Å². The van der Waals surface area contributed by atoms with Gasteiger partial charge in [-0.1, -0.05) is 66.5 Å². The van der Waals surface area contributed by atoms with Crippen LogP contribution in [0.25, 0.3) is 0 Å². The molecule has 3 heteroatoms. The minimum absolute atomic E-state index is 0.173. The summed E-state index contributed by atoms with van der Waals surface area (Å²) in [7, 11) is 0. The molecule has 8 atom stereocenters. The van der Waals surface area contributed by atoms with Crippen molar-refractivity contribution in [1.29, 1.82) is 0 Å². The number of hydrogen-bond acceptors (Lipinski definition) is 2. The van der Waals surface area contributed by atoms with Gasteiger partial charge in [0.1, 0.15) is 0 Å². The molecule has 0 heterocycles. The second-order valence-corrected chi connectivity index (χ2v) is 15.2. The summed E-state index contributed by atoms with van der Waals surface area (Å²) in [6.07, 6.45) is 12.2. The van der Waals surface area contributed by atoms with Crippen LogP contribution in [0, 0.1) is 50.2 Å². The third kappa shape index (κ3) is 2.87. The molecule has 0 saturated heterocycles. The molecule has 0 aromatic carbocycles. The van der Waals surface area contributed by atoms with E-state index >= 15 is 0 Å². The Bertz CT molecular complexity index is 885. The van der Waals surface area contributed by atoms with E-state index < -0.39 is 17.5 Å². The molecule has 4 fully saturated rings. The molecule has 186 valence electrons. The monoisotopic (exact) mass is 456 g/mol. The molecule has 0 radical (unpaired) electrons. The predicted molar refractivity (Wildman–Crippen MR) is 133 cm³/mol. The molecule has 5 rings (SSSR count). The van der Waals surface area contributed by atoms with Gasteiger partial charge >= 0.3 is 5.97 Å². The maximum Gasteiger partial charge on any atom is 0.314 e. The molecule has 0 bridgehead atoms. The van der Waals surface area contributed by atoms with Gasteiger partial charge in [-0.3, -0.25) is 4.79 Å². The van der Waals surface area contributed by atoms with Crippen molar-refractivity contribution in [1.82, 2.24) is 0 Å². The van der Waals surface area contributed by atoms with Gasteiger partial charge in [-0.2, -0.15) is 0 Å². The van der Waals surface area contributed by atoms with Crippen molar-refractivity contribution in [2.24, 2.45) is 50.2 Å². The minimum Gasteiger partial charge on any atom is -0.481 e. The highest BCUT2D eigenvalue weighted by molar-refractivity contribution is 5.81. The summed E-state index contributed by atoms with van der Waals surface area (Å²) in [6, 6.07) is 0. The number of carboxylic acids is 1. The summed E-state index contributed by atoms with van der Waals surface area (Å²) in [5.74, 6) is 0.538. The minimum atomic E-state index is -0.928. The summed E-state index contributed by atoms with van der Waals surface area (Å²) < 4.78 is 0. The van der Waals surface area contributed by atoms with E-state index in [4.69, 9.17) is 0 Å². The van der Waals surface area contributed by atoms with Gasteiger partial charge in [-0.05, 0) is 97.2 Å². The van der Waals surface area contributed by atoms with Crippen LogP contribution in [0.2, 0.25) is 0 Å². The fourth-order valence-corrected chi connectivity index (χ4v) is 10.7. The molecular formula is C30H48O3. The second kappa shape index (κ2) is 6.89. The average molecular weight is 457 g/mol. The summed E-state index contributed by atoms with van der Waals surface area (Å²) in [6.45, 7) is 16.7. The molecule has 2 unspecified atom stereocenters. The van der Waals surface area contributed by atoms with Crippen molar-refractivity contribution < 1.29 is 15.0 Å². The molecule has 33 heavy (non-hydrogen) atoms. The Hall–Kier alpha value is -0.830. The summed E-state index contributed by atoms with van der Waals surface area (Å²) in [5.41, 5.74) is 0.474. The van der Waals surface area contributed by atoms with Crippen LogP contribution in [-0.2, 0) is 4.79 Å². The number of allylic oxidation sites excluding steroid dienone is 1. The lowest BCUT2D eigenvalue weighted by molar-refractivity contribution is -0.213. The predicted octanol–water partition coefficient (Wildman–Crippen LogP) is 7.23. The van der Waals surface area contributed by atoms with Crippen molar-refractivity contribution >= 4 is 5.97 Å². The highest BCUT2D eigenvalue weighted by Crippen LogP contribution is 2.75. The van der Waals surface area contributed by atoms with Crippen LogP contribution < -0.4 is 0 Å². The first kappa shape index (κ1) is 23.9. The van der Waals surface area contributed by atoms with Crippen LogP contribution >= 0.6 is 0 Å². The Kier molecular flexibility index (Phi) is 4.99. The molecule has 2 N–H and O–H groups in total. The van der Waals surface area contributed by atoms with Gasteiger partial charge < -0.3 is 10.2 Å². The zero-order chi connectivity index (χ0) is 24.2. The van der Waals surface area contributed by atoms with E-state index in [-0.39, 0.29) is 27.6 Å². The van der Waals surface area contributed by atoms with E-state index in [1.165, 1.54) is 24.8 Å². The summed E-state index contributed by atoms with van der Waals surface area (Å²) >= 11 is 0. The average Bonchev–Trinajstić information content (AvgIpc) is 2.69. The van der Waals surface area contributed by atoms with Crippen LogP contribution in [0.4, 0.5) is 0 Å². The summed E-state index contributed by atoms with van der Waals surface area (Å²) in [4.78, 5) is 13.5. The van der Waals surface area contributed by atoms with Crippen molar-refractivity contribution in [2.45, 2.75) is 119 Å². The molecule has 5 aliphatic carbocycles. The molecule has 5 aliphatic rings. The number of aliphatic carboxylic acids is 1. The van der Waals surface area contributed by atoms with E-state index in [0.29, 0.717) is 23.7 Å². The van der Waals surface area contributed by atoms with Gasteiger partial charge in [0.05, 0.1) is 11.5 Å². The number of aliphatic hydroxyl groups excluding tert-OH is 1. The van der Waals surface area contributed by atoms with E-state index in [9.17, 15) is 15.0 Å². The Morgan fingerprint density at radius 2 is 1.58 bits per heavy atom. The van der Waals surface area contributed by atoms with Gasteiger partial charge in [-0.15, -0.1) is 0 Å². The van der Waals surface area contributed by atoms with E-state index in [0.717, 1.165) is 38.5 Å². The number of rotatable bonds is 1. The normalized spacial score (nSPS) is 52.4. The van der Waals surface area contributed by atoms with Crippen LogP contribution in [0.1, 0.15) is 113 Å². The van der Waals surface area contributed by atoms with Gasteiger partial charge in [0.15, 0.2) is 0 Å². The van der Waals surface area contributed by atoms with Crippen molar-refractivity contribution in [3.63, 3.8) is 0 Å². The zero-order valence-corrected chi connectivity index (χ0v) is 22.3. The van der Waals surface area contributed by atoms with E-state index in [2.05, 4.69) is 54.5 Å². The Morgan fingerprint density at radius 3 is 2.24 bits per heavy atom. The van der Waals surface area contributed by atoms with Crippen LogP contribution in [0.3, 0.4) is 0 Å². The maximum absolute atomic E-state index is 13.5. The smallest absolute Gasteiger partial charge is 0.314 e. The first-order valence-corrected chi connectivity index (χ1v) is 13.8. The number of carboxylic acid groups (broad SMARTS) is 1. The van der Waals surface area contributed by atoms with Crippen LogP contribution in [0.5, 0.6) is 0 Å². The molecule has 4 saturated carbocycles. The Morgan fingerprint density at radius 1 is 0.879 bits per heavy atom. The summed E-state index contributed by atoms with van der Waals surface area (Å²) in [5, 5.41) is 22.8. The highest BCUT2D eigenvalue weighted by atomic mass is 16.4. The quantitative estimate of drug-likeness (QED) is 0.409. The standard InChI is InChI=1S/C30H48O3/c1-25(2)15-16-27(5)20(17-25)19-9-10-22-28(6)13-8-12-26(3,4)21(28)11-14-29(22,7)30(19,24(32)33)18-23(27)31/h9,20-23,31H,8,10-18H2,1-7H3,(H,32,33)/t20-,21?,22-,23?,27+,28+,29-,30-/m1/s1. The lowest BCUT2D eigenvalue weighted by Crippen LogP contribution is -2.68. The van der Waals surface area contributed by atoms with Gasteiger partial charge in [0.2, 0.25) is 0 Å². The Labute approximate surface area is 201 Å². The number of fused-ring (bicyclic) bond motifs is 7. The first-order chi connectivity index (χ1) is 15.1. The first-order valence-electron chi connectivity index (χ1n) is 13.8. The number of hydrogen-bond donors (Lipinski definition) is 2. The molecule has 0 aromatic heterocycles. The van der Waals surface area contributed by atoms with E-state index in [1.807, 2.05) is 0 Å². The SMILES string of the molecule is CC1(C)CC[C@]2(C)C(O)C[C@]3(C(=O)O)C(=CC[C@@H]4[C@@]5(C)CCCC(C)(C)C5CC[C@]43C)[C@H]2C1. The fourth-order valence-electron chi connectivity index (χ4n) is 10.7. The second-order valence-electron chi connectivity index (χ2n) is 15.2. The number of aliphatic hydroxyl groups is 1. The lowest BCUT2D eigenvalue weighted by Gasteiger charge is -2.70. The zero-order valence-electron chi connectivity index (χ0n) is 22.3. The highest BCUT2D eigenvalue weighted by Gasteiger charge is 2.72. The van der Waals surface area contributed by atoms with Gasteiger partial charge in [0.25, 0.3) is 0 Å². The van der Waals surface area contributed by atoms with Crippen molar-refractivity contribution in [3.05, 3.63) is 11.6 Å².